The Bertz CT molecular complexity index is 299. The summed E-state index contributed by atoms with van der Waals surface area (Å²) < 4.78 is 5.00. The highest BCUT2D eigenvalue weighted by Gasteiger charge is 2.09. The zero-order valence-corrected chi connectivity index (χ0v) is 7.66. The van der Waals surface area contributed by atoms with Crippen LogP contribution in [0.5, 0.6) is 11.5 Å². The van der Waals surface area contributed by atoms with Crippen molar-refractivity contribution in [2.45, 2.75) is 13.5 Å². The lowest BCUT2D eigenvalue weighted by molar-refractivity contribution is 0.160. The molecule has 13 heavy (non-hydrogen) atoms. The predicted molar refractivity (Wildman–Crippen MR) is 48.0 cm³/mol. The summed E-state index contributed by atoms with van der Waals surface area (Å²) in [5.41, 5.74) is 3.44. The molecule has 0 aliphatic carbocycles. The van der Waals surface area contributed by atoms with E-state index >= 15 is 0 Å². The van der Waals surface area contributed by atoms with Crippen molar-refractivity contribution in [3.8, 4) is 11.5 Å². The lowest BCUT2D eigenvalue weighted by Crippen LogP contribution is -2.06. The van der Waals surface area contributed by atoms with Crippen molar-refractivity contribution in [1.82, 2.24) is 5.48 Å². The molecule has 4 heteroatoms. The van der Waals surface area contributed by atoms with Gasteiger partial charge in [0.15, 0.2) is 11.5 Å². The fourth-order valence-electron chi connectivity index (χ4n) is 1.20. The van der Waals surface area contributed by atoms with Gasteiger partial charge in [0.1, 0.15) is 0 Å². The Hall–Kier alpha value is -1.26. The zero-order chi connectivity index (χ0) is 9.84. The molecule has 3 N–H and O–H groups in total. The van der Waals surface area contributed by atoms with Crippen LogP contribution in [0.3, 0.4) is 0 Å². The molecule has 0 amide bonds. The Morgan fingerprint density at radius 2 is 2.15 bits per heavy atom. The Labute approximate surface area is 76.7 Å². The summed E-state index contributed by atoms with van der Waals surface area (Å²) in [6.45, 7) is 2.04. The van der Waals surface area contributed by atoms with Crippen molar-refractivity contribution in [3.63, 3.8) is 0 Å². The number of methoxy groups -OCH3 is 1. The first-order valence-corrected chi connectivity index (χ1v) is 3.93. The number of phenolic OH excluding ortho intramolecular Hbond substituents is 1. The largest absolute Gasteiger partial charge is 0.504 e. The molecule has 1 aromatic rings. The quantitative estimate of drug-likeness (QED) is 0.616. The minimum atomic E-state index is 0.0732. The molecule has 0 radical (unpaired) electrons. The van der Waals surface area contributed by atoms with Crippen molar-refractivity contribution >= 4 is 0 Å². The monoisotopic (exact) mass is 183 g/mol. The number of hydrogen-bond acceptors (Lipinski definition) is 4. The lowest BCUT2D eigenvalue weighted by atomic mass is 10.1. The molecule has 72 valence electrons. The summed E-state index contributed by atoms with van der Waals surface area (Å²) in [4.78, 5) is 0. The van der Waals surface area contributed by atoms with E-state index in [9.17, 15) is 5.11 Å². The first-order valence-electron chi connectivity index (χ1n) is 3.93. The van der Waals surface area contributed by atoms with Gasteiger partial charge in [-0.2, -0.15) is 0 Å². The van der Waals surface area contributed by atoms with Gasteiger partial charge in [0.25, 0.3) is 0 Å². The van der Waals surface area contributed by atoms with Crippen LogP contribution in [0.2, 0.25) is 0 Å². The molecule has 0 saturated heterocycles. The second-order valence-corrected chi connectivity index (χ2v) is 2.76. The number of nitrogens with one attached hydrogen (secondary N) is 1. The molecule has 0 atom stereocenters. The van der Waals surface area contributed by atoms with Crippen LogP contribution in [0.15, 0.2) is 12.1 Å². The van der Waals surface area contributed by atoms with E-state index in [1.807, 2.05) is 18.5 Å². The van der Waals surface area contributed by atoms with Crippen molar-refractivity contribution in [3.05, 3.63) is 23.3 Å². The molecular formula is C9H13NO3. The Balaban J connectivity index is 3.11. The van der Waals surface area contributed by atoms with Crippen molar-refractivity contribution in [2.24, 2.45) is 0 Å². The van der Waals surface area contributed by atoms with Gasteiger partial charge < -0.3 is 15.1 Å². The van der Waals surface area contributed by atoms with Crippen LogP contribution in [-0.2, 0) is 6.54 Å². The molecule has 0 saturated carbocycles. The molecular weight excluding hydrogens is 170 g/mol. The molecule has 4 nitrogen and oxygen atoms in total. The molecule has 1 rings (SSSR count). The van der Waals surface area contributed by atoms with Crippen molar-refractivity contribution in [2.75, 3.05) is 7.11 Å². The third-order valence-corrected chi connectivity index (χ3v) is 1.89. The van der Waals surface area contributed by atoms with Gasteiger partial charge in [0.05, 0.1) is 7.11 Å². The number of phenols is 1. The summed E-state index contributed by atoms with van der Waals surface area (Å²) in [6.07, 6.45) is 0. The fourth-order valence-corrected chi connectivity index (χ4v) is 1.20. The van der Waals surface area contributed by atoms with Gasteiger partial charge in [-0.15, -0.1) is 0 Å². The second kappa shape index (κ2) is 4.11. The second-order valence-electron chi connectivity index (χ2n) is 2.76. The number of aryl methyl sites for hydroxylation is 1. The maximum atomic E-state index is 9.62. The summed E-state index contributed by atoms with van der Waals surface area (Å²) >= 11 is 0. The molecule has 0 unspecified atom stereocenters. The molecule has 0 aromatic heterocycles. The number of hydroxylamine groups is 1. The van der Waals surface area contributed by atoms with Crippen LogP contribution >= 0.6 is 0 Å². The molecule has 0 heterocycles. The summed E-state index contributed by atoms with van der Waals surface area (Å²) in [5, 5.41) is 18.1. The number of benzene rings is 1. The maximum absolute atomic E-state index is 9.62. The van der Waals surface area contributed by atoms with Crippen LogP contribution in [0.4, 0.5) is 0 Å². The SMILES string of the molecule is COc1c(C)ccc(CNO)c1O. The van der Waals surface area contributed by atoms with E-state index in [1.165, 1.54) is 7.11 Å². The third kappa shape index (κ3) is 1.91. The van der Waals surface area contributed by atoms with Crippen LogP contribution in [0.25, 0.3) is 0 Å². The van der Waals surface area contributed by atoms with Gasteiger partial charge in [0, 0.05) is 12.1 Å². The average molecular weight is 183 g/mol. The Morgan fingerprint density at radius 3 is 2.69 bits per heavy atom. The van der Waals surface area contributed by atoms with E-state index < -0.39 is 0 Å². The Morgan fingerprint density at radius 1 is 1.46 bits per heavy atom. The normalized spacial score (nSPS) is 10.1. The number of aromatic hydroxyl groups is 1. The zero-order valence-electron chi connectivity index (χ0n) is 7.66. The highest BCUT2D eigenvalue weighted by Crippen LogP contribution is 2.32. The molecule has 0 bridgehead atoms. The fraction of sp³-hybridized carbons (Fsp3) is 0.333. The van der Waals surface area contributed by atoms with Crippen LogP contribution in [-0.4, -0.2) is 17.4 Å². The minimum absolute atomic E-state index is 0.0732. The lowest BCUT2D eigenvalue weighted by Gasteiger charge is -2.10. The highest BCUT2D eigenvalue weighted by molar-refractivity contribution is 5.50. The van der Waals surface area contributed by atoms with Gasteiger partial charge in [-0.3, -0.25) is 0 Å². The summed E-state index contributed by atoms with van der Waals surface area (Å²) in [6, 6.07) is 3.56. The van der Waals surface area contributed by atoms with E-state index in [2.05, 4.69) is 0 Å². The standard InChI is InChI=1S/C9H13NO3/c1-6-3-4-7(5-10-12)8(11)9(6)13-2/h3-4,10-12H,5H2,1-2H3. The van der Waals surface area contributed by atoms with Crippen molar-refractivity contribution < 1.29 is 15.1 Å². The maximum Gasteiger partial charge on any atom is 0.163 e. The summed E-state index contributed by atoms with van der Waals surface area (Å²) in [7, 11) is 1.50. The molecule has 0 aliphatic heterocycles. The van der Waals surface area contributed by atoms with Gasteiger partial charge in [-0.1, -0.05) is 12.1 Å². The van der Waals surface area contributed by atoms with Gasteiger partial charge >= 0.3 is 0 Å². The van der Waals surface area contributed by atoms with Crippen LogP contribution < -0.4 is 10.2 Å². The smallest absolute Gasteiger partial charge is 0.163 e. The number of hydrogen-bond donors (Lipinski definition) is 3. The molecule has 0 fully saturated rings. The number of rotatable bonds is 3. The van der Waals surface area contributed by atoms with Gasteiger partial charge in [0.2, 0.25) is 0 Å². The predicted octanol–water partition coefficient (Wildman–Crippen LogP) is 1.19. The Kier molecular flexibility index (Phi) is 3.11. The van der Waals surface area contributed by atoms with Crippen LogP contribution in [0.1, 0.15) is 11.1 Å². The molecule has 1 aromatic carbocycles. The highest BCUT2D eigenvalue weighted by atomic mass is 16.5. The van der Waals surface area contributed by atoms with E-state index in [1.54, 1.807) is 6.07 Å². The van der Waals surface area contributed by atoms with Gasteiger partial charge in [-0.05, 0) is 12.5 Å². The van der Waals surface area contributed by atoms with E-state index in [0.717, 1.165) is 5.56 Å². The average Bonchev–Trinajstić information content (AvgIpc) is 2.11. The summed E-state index contributed by atoms with van der Waals surface area (Å²) in [5.74, 6) is 0.525. The van der Waals surface area contributed by atoms with Gasteiger partial charge in [-0.25, -0.2) is 5.48 Å². The third-order valence-electron chi connectivity index (χ3n) is 1.89. The molecule has 0 aliphatic rings. The van der Waals surface area contributed by atoms with E-state index in [0.29, 0.717) is 11.3 Å². The van der Waals surface area contributed by atoms with Crippen molar-refractivity contribution in [1.29, 1.82) is 0 Å². The topological polar surface area (TPSA) is 61.7 Å². The van der Waals surface area contributed by atoms with E-state index in [-0.39, 0.29) is 12.3 Å². The van der Waals surface area contributed by atoms with Crippen LogP contribution in [0, 0.1) is 6.92 Å². The first-order chi connectivity index (χ1) is 6.20. The van der Waals surface area contributed by atoms with E-state index in [4.69, 9.17) is 9.94 Å². The first kappa shape index (κ1) is 9.83. The minimum Gasteiger partial charge on any atom is -0.504 e. The molecule has 0 spiro atoms. The number of ether oxygens (including phenoxy) is 1.